The van der Waals surface area contributed by atoms with Crippen molar-refractivity contribution < 1.29 is 28.4 Å². The first kappa shape index (κ1) is 17.4. The van der Waals surface area contributed by atoms with Crippen molar-refractivity contribution in [2.75, 3.05) is 6.61 Å². The zero-order valence-corrected chi connectivity index (χ0v) is 15.4. The fraction of sp³-hybridized carbons (Fsp3) is 0.900. The van der Waals surface area contributed by atoms with E-state index in [0.29, 0.717) is 6.61 Å². The SMILES string of the molecule is C=CO[C@H]1[C@H]2OC3(CCCCC3)O[C@H]2O[C@@H]1[C@H]1COC2(CCCCC2)O1. The molecule has 2 aliphatic carbocycles. The van der Waals surface area contributed by atoms with Gasteiger partial charge in [0, 0.05) is 25.7 Å². The summed E-state index contributed by atoms with van der Waals surface area (Å²) in [5, 5.41) is 0. The standard InChI is InChI=1S/C20H30O6/c1-2-21-16-15(14-13-22-19(24-14)9-5-3-6-10-19)23-18-17(16)25-20(26-18)11-7-4-8-12-20/h2,14-18H,1,3-13H2/t14-,15-,16-,17-,18-/m1/s1. The summed E-state index contributed by atoms with van der Waals surface area (Å²) in [6.45, 7) is 4.27. The van der Waals surface area contributed by atoms with Crippen LogP contribution >= 0.6 is 0 Å². The summed E-state index contributed by atoms with van der Waals surface area (Å²) < 4.78 is 37.3. The number of rotatable bonds is 3. The van der Waals surface area contributed by atoms with E-state index in [1.54, 1.807) is 0 Å². The number of hydrogen-bond donors (Lipinski definition) is 0. The third-order valence-corrected chi connectivity index (χ3v) is 6.62. The Hall–Kier alpha value is -0.660. The van der Waals surface area contributed by atoms with Crippen molar-refractivity contribution in [2.45, 2.75) is 106 Å². The Kier molecular flexibility index (Phi) is 4.52. The zero-order chi connectivity index (χ0) is 17.6. The summed E-state index contributed by atoms with van der Waals surface area (Å²) in [5.74, 6) is -0.909. The van der Waals surface area contributed by atoms with Gasteiger partial charge in [-0.2, -0.15) is 0 Å². The molecule has 5 fully saturated rings. The molecule has 26 heavy (non-hydrogen) atoms. The Morgan fingerprint density at radius 1 is 0.808 bits per heavy atom. The van der Waals surface area contributed by atoms with Gasteiger partial charge in [0.25, 0.3) is 0 Å². The van der Waals surface area contributed by atoms with Gasteiger partial charge in [0.05, 0.1) is 12.9 Å². The van der Waals surface area contributed by atoms with E-state index in [2.05, 4.69) is 6.58 Å². The lowest BCUT2D eigenvalue weighted by molar-refractivity contribution is -0.260. The Labute approximate surface area is 155 Å². The van der Waals surface area contributed by atoms with Crippen LogP contribution in [0.15, 0.2) is 12.8 Å². The molecule has 0 aromatic heterocycles. The van der Waals surface area contributed by atoms with Gasteiger partial charge in [0.2, 0.25) is 0 Å². The average molecular weight is 366 g/mol. The third-order valence-electron chi connectivity index (χ3n) is 6.62. The maximum Gasteiger partial charge on any atom is 0.191 e. The largest absolute Gasteiger partial charge is 0.493 e. The van der Waals surface area contributed by atoms with E-state index >= 15 is 0 Å². The first-order chi connectivity index (χ1) is 12.7. The van der Waals surface area contributed by atoms with Gasteiger partial charge in [-0.15, -0.1) is 0 Å². The lowest BCUT2D eigenvalue weighted by Crippen LogP contribution is -2.45. The molecule has 0 bridgehead atoms. The number of ether oxygens (including phenoxy) is 6. The molecule has 2 saturated carbocycles. The molecule has 6 nitrogen and oxygen atoms in total. The topological polar surface area (TPSA) is 55.4 Å². The Balaban J connectivity index is 1.29. The van der Waals surface area contributed by atoms with Crippen molar-refractivity contribution in [1.29, 1.82) is 0 Å². The second kappa shape index (κ2) is 6.74. The highest BCUT2D eigenvalue weighted by atomic mass is 16.8. The summed E-state index contributed by atoms with van der Waals surface area (Å²) >= 11 is 0. The van der Waals surface area contributed by atoms with Crippen LogP contribution < -0.4 is 0 Å². The van der Waals surface area contributed by atoms with E-state index in [1.807, 2.05) is 0 Å². The van der Waals surface area contributed by atoms with Crippen molar-refractivity contribution in [3.8, 4) is 0 Å². The van der Waals surface area contributed by atoms with Crippen LogP contribution in [-0.2, 0) is 28.4 Å². The summed E-state index contributed by atoms with van der Waals surface area (Å²) in [6.07, 6.45) is 11.0. The van der Waals surface area contributed by atoms with E-state index in [-0.39, 0.29) is 24.4 Å². The zero-order valence-electron chi connectivity index (χ0n) is 15.4. The van der Waals surface area contributed by atoms with Gasteiger partial charge in [0.1, 0.15) is 12.2 Å². The van der Waals surface area contributed by atoms with Gasteiger partial charge in [-0.1, -0.05) is 19.4 Å². The molecule has 3 aliphatic heterocycles. The normalized spacial score (nSPS) is 43.6. The van der Waals surface area contributed by atoms with Gasteiger partial charge in [-0.25, -0.2) is 0 Å². The fourth-order valence-corrected chi connectivity index (χ4v) is 5.34. The molecule has 0 unspecified atom stereocenters. The van der Waals surface area contributed by atoms with Crippen molar-refractivity contribution in [1.82, 2.24) is 0 Å². The van der Waals surface area contributed by atoms with Crippen LogP contribution in [0.25, 0.3) is 0 Å². The van der Waals surface area contributed by atoms with Crippen molar-refractivity contribution in [2.24, 2.45) is 0 Å². The Morgan fingerprint density at radius 3 is 2.19 bits per heavy atom. The Bertz CT molecular complexity index is 524. The van der Waals surface area contributed by atoms with Gasteiger partial charge < -0.3 is 28.4 Å². The van der Waals surface area contributed by atoms with Crippen LogP contribution in [0.4, 0.5) is 0 Å². The molecule has 0 aromatic rings. The summed E-state index contributed by atoms with van der Waals surface area (Å²) in [7, 11) is 0. The molecule has 6 heteroatoms. The fourth-order valence-electron chi connectivity index (χ4n) is 5.34. The highest BCUT2D eigenvalue weighted by Crippen LogP contribution is 2.48. The van der Waals surface area contributed by atoms with E-state index in [9.17, 15) is 0 Å². The van der Waals surface area contributed by atoms with Crippen LogP contribution in [0, 0.1) is 0 Å². The van der Waals surface area contributed by atoms with Gasteiger partial charge in [-0.3, -0.25) is 0 Å². The van der Waals surface area contributed by atoms with Gasteiger partial charge >= 0.3 is 0 Å². The van der Waals surface area contributed by atoms with E-state index in [4.69, 9.17) is 28.4 Å². The highest BCUT2D eigenvalue weighted by molar-refractivity contribution is 5.01. The molecule has 0 amide bonds. The van der Waals surface area contributed by atoms with Crippen LogP contribution in [0.1, 0.15) is 64.2 Å². The molecular weight excluding hydrogens is 336 g/mol. The molecule has 0 N–H and O–H groups in total. The highest BCUT2D eigenvalue weighted by Gasteiger charge is 2.62. The quantitative estimate of drug-likeness (QED) is 0.714. The molecule has 5 rings (SSSR count). The molecule has 146 valence electrons. The molecule has 0 aromatic carbocycles. The molecule has 3 saturated heterocycles. The van der Waals surface area contributed by atoms with Crippen molar-refractivity contribution in [3.05, 3.63) is 12.8 Å². The molecule has 5 atom stereocenters. The Morgan fingerprint density at radius 2 is 1.50 bits per heavy atom. The number of hydrogen-bond acceptors (Lipinski definition) is 6. The van der Waals surface area contributed by atoms with Crippen molar-refractivity contribution in [3.63, 3.8) is 0 Å². The first-order valence-corrected chi connectivity index (χ1v) is 10.3. The van der Waals surface area contributed by atoms with Gasteiger partial charge in [0.15, 0.2) is 30.1 Å². The third kappa shape index (κ3) is 2.90. The minimum Gasteiger partial charge on any atom is -0.493 e. The van der Waals surface area contributed by atoms with Gasteiger partial charge in [-0.05, 0) is 25.7 Å². The number of fused-ring (bicyclic) bond motifs is 1. The van der Waals surface area contributed by atoms with Crippen LogP contribution in [-0.4, -0.2) is 48.9 Å². The summed E-state index contributed by atoms with van der Waals surface area (Å²) in [6, 6.07) is 0. The molecule has 5 aliphatic rings. The smallest absolute Gasteiger partial charge is 0.191 e. The maximum atomic E-state index is 6.39. The molecule has 3 heterocycles. The maximum absolute atomic E-state index is 6.39. The van der Waals surface area contributed by atoms with Crippen LogP contribution in [0.5, 0.6) is 0 Å². The van der Waals surface area contributed by atoms with E-state index < -0.39 is 17.9 Å². The lowest BCUT2D eigenvalue weighted by Gasteiger charge is -2.35. The van der Waals surface area contributed by atoms with E-state index in [1.165, 1.54) is 19.1 Å². The summed E-state index contributed by atoms with van der Waals surface area (Å²) in [5.41, 5.74) is 0. The predicted octanol–water partition coefficient (Wildman–Crippen LogP) is 3.39. The average Bonchev–Trinajstić information content (AvgIpc) is 3.30. The monoisotopic (exact) mass is 366 g/mol. The first-order valence-electron chi connectivity index (χ1n) is 10.3. The molecule has 0 radical (unpaired) electrons. The second-order valence-corrected chi connectivity index (χ2v) is 8.35. The van der Waals surface area contributed by atoms with Crippen LogP contribution in [0.3, 0.4) is 0 Å². The predicted molar refractivity (Wildman–Crippen MR) is 92.1 cm³/mol. The molecular formula is C20H30O6. The van der Waals surface area contributed by atoms with Crippen molar-refractivity contribution >= 4 is 0 Å². The van der Waals surface area contributed by atoms with E-state index in [0.717, 1.165) is 51.4 Å². The molecule has 2 spiro atoms. The second-order valence-electron chi connectivity index (χ2n) is 8.35. The minimum absolute atomic E-state index is 0.154. The minimum atomic E-state index is -0.487. The lowest BCUT2D eigenvalue weighted by atomic mass is 9.94. The van der Waals surface area contributed by atoms with Crippen LogP contribution in [0.2, 0.25) is 0 Å². The summed E-state index contributed by atoms with van der Waals surface area (Å²) in [4.78, 5) is 0.